The van der Waals surface area contributed by atoms with Gasteiger partial charge in [0.25, 0.3) is 0 Å². The first-order valence-corrected chi connectivity index (χ1v) is 9.81. The lowest BCUT2D eigenvalue weighted by Gasteiger charge is -2.16. The summed E-state index contributed by atoms with van der Waals surface area (Å²) >= 11 is 4.28. The quantitative estimate of drug-likeness (QED) is 0.748. The summed E-state index contributed by atoms with van der Waals surface area (Å²) in [5, 5.41) is 11.7. The average Bonchev–Trinajstić information content (AvgIpc) is 3.15. The van der Waals surface area contributed by atoms with E-state index in [1.54, 1.807) is 0 Å². The second-order valence-corrected chi connectivity index (χ2v) is 7.34. The van der Waals surface area contributed by atoms with E-state index >= 15 is 0 Å². The van der Waals surface area contributed by atoms with Crippen molar-refractivity contribution in [2.24, 2.45) is 5.92 Å². The summed E-state index contributed by atoms with van der Waals surface area (Å²) in [6, 6.07) is 18.0. The van der Waals surface area contributed by atoms with Gasteiger partial charge in [-0.3, -0.25) is 0 Å². The number of hydrogen-bond donors (Lipinski definition) is 2. The minimum Gasteiger partial charge on any atom is -0.493 e. The smallest absolute Gasteiger partial charge is 0.119 e. The zero-order valence-corrected chi connectivity index (χ0v) is 17.1. The van der Waals surface area contributed by atoms with Crippen LogP contribution in [0, 0.1) is 17.2 Å². The second kappa shape index (κ2) is 11.7. The molecule has 3 rings (SSSR count). The van der Waals surface area contributed by atoms with Crippen LogP contribution < -0.4 is 10.1 Å². The van der Waals surface area contributed by atoms with Crippen molar-refractivity contribution in [1.82, 2.24) is 10.2 Å². The van der Waals surface area contributed by atoms with Crippen LogP contribution in [0.3, 0.4) is 0 Å². The van der Waals surface area contributed by atoms with E-state index < -0.39 is 0 Å². The fourth-order valence-corrected chi connectivity index (χ4v) is 3.24. The molecule has 0 saturated carbocycles. The van der Waals surface area contributed by atoms with Crippen LogP contribution >= 0.6 is 12.6 Å². The normalized spacial score (nSPS) is 16.3. The van der Waals surface area contributed by atoms with Crippen LogP contribution in [-0.4, -0.2) is 45.2 Å². The Morgan fingerprint density at radius 1 is 1.22 bits per heavy atom. The van der Waals surface area contributed by atoms with Crippen molar-refractivity contribution in [1.29, 1.82) is 5.26 Å². The van der Waals surface area contributed by atoms with E-state index in [-0.39, 0.29) is 0 Å². The van der Waals surface area contributed by atoms with Crippen LogP contribution in [0.2, 0.25) is 0 Å². The number of nitrogens with one attached hydrogen (secondary N) is 1. The van der Waals surface area contributed by atoms with E-state index in [2.05, 4.69) is 35.0 Å². The van der Waals surface area contributed by atoms with E-state index in [4.69, 9.17) is 10.00 Å². The molecular formula is C22H29N3OS. The number of likely N-dealkylation sites (tertiary alicyclic amines) is 1. The van der Waals surface area contributed by atoms with E-state index in [0.717, 1.165) is 48.9 Å². The highest BCUT2D eigenvalue weighted by Crippen LogP contribution is 2.20. The van der Waals surface area contributed by atoms with Crippen LogP contribution in [0.15, 0.2) is 53.4 Å². The molecule has 4 nitrogen and oxygen atoms in total. The maximum absolute atomic E-state index is 8.97. The summed E-state index contributed by atoms with van der Waals surface area (Å²) in [7, 11) is 3.75. The van der Waals surface area contributed by atoms with Gasteiger partial charge in [0.15, 0.2) is 0 Å². The molecule has 0 spiro atoms. The van der Waals surface area contributed by atoms with Crippen LogP contribution in [0.4, 0.5) is 0 Å². The van der Waals surface area contributed by atoms with Crippen molar-refractivity contribution < 1.29 is 4.74 Å². The third kappa shape index (κ3) is 7.64. The molecule has 27 heavy (non-hydrogen) atoms. The number of benzene rings is 2. The number of nitrogens with zero attached hydrogens (tertiary/aromatic N) is 2. The van der Waals surface area contributed by atoms with E-state index in [1.807, 2.05) is 56.6 Å². The molecule has 1 saturated heterocycles. The second-order valence-electron chi connectivity index (χ2n) is 6.82. The number of thiol groups is 1. The fourth-order valence-electron chi connectivity index (χ4n) is 3.09. The predicted octanol–water partition coefficient (Wildman–Crippen LogP) is 3.63. The van der Waals surface area contributed by atoms with Gasteiger partial charge < -0.3 is 15.0 Å². The Balaban J connectivity index is 0.000000817. The highest BCUT2D eigenvalue weighted by molar-refractivity contribution is 7.80. The van der Waals surface area contributed by atoms with Gasteiger partial charge in [-0.1, -0.05) is 12.1 Å². The molecule has 1 fully saturated rings. The number of nitriles is 1. The molecule has 1 atom stereocenters. The van der Waals surface area contributed by atoms with Crippen LogP contribution in [0.1, 0.15) is 17.5 Å². The molecule has 0 aliphatic carbocycles. The lowest BCUT2D eigenvalue weighted by molar-refractivity contribution is 0.241. The SMILES string of the molecule is CNC.N#Cc1cccc(CCN2CCC(COc3ccc(S)cc3)C2)c1. The van der Waals surface area contributed by atoms with Gasteiger partial charge in [-0.15, -0.1) is 12.6 Å². The summed E-state index contributed by atoms with van der Waals surface area (Å²) < 4.78 is 5.89. The van der Waals surface area contributed by atoms with Crippen molar-refractivity contribution in [2.45, 2.75) is 17.7 Å². The van der Waals surface area contributed by atoms with Crippen LogP contribution in [0.5, 0.6) is 5.75 Å². The van der Waals surface area contributed by atoms with Gasteiger partial charge in [0.2, 0.25) is 0 Å². The summed E-state index contributed by atoms with van der Waals surface area (Å²) in [5.74, 6) is 1.51. The molecule has 1 unspecified atom stereocenters. The molecule has 1 aliphatic heterocycles. The first-order valence-electron chi connectivity index (χ1n) is 9.36. The van der Waals surface area contributed by atoms with Crippen LogP contribution in [0.25, 0.3) is 0 Å². The van der Waals surface area contributed by atoms with E-state index in [1.165, 1.54) is 12.0 Å². The zero-order chi connectivity index (χ0) is 19.5. The molecule has 1 N–H and O–H groups in total. The van der Waals surface area contributed by atoms with Gasteiger partial charge in [-0.25, -0.2) is 0 Å². The van der Waals surface area contributed by atoms with Gasteiger partial charge in [0.05, 0.1) is 18.2 Å². The van der Waals surface area contributed by atoms with Crippen molar-refractivity contribution in [3.63, 3.8) is 0 Å². The first-order chi connectivity index (χ1) is 13.1. The molecular weight excluding hydrogens is 354 g/mol. The molecule has 0 aromatic heterocycles. The van der Waals surface area contributed by atoms with Gasteiger partial charge in [0, 0.05) is 23.9 Å². The summed E-state index contributed by atoms with van der Waals surface area (Å²) in [4.78, 5) is 3.44. The Hall–Kier alpha value is -2.00. The third-order valence-electron chi connectivity index (χ3n) is 4.47. The summed E-state index contributed by atoms with van der Waals surface area (Å²) in [6.45, 7) is 4.02. The standard InChI is InChI=1S/C20H22N2OS.C2H7N/c21-13-17-3-1-2-16(12-17)8-10-22-11-9-18(14-22)15-23-19-4-6-20(24)7-5-19;1-3-2/h1-7,12,18,24H,8-11,14-15H2;3H,1-2H3. The monoisotopic (exact) mass is 383 g/mol. The Labute approximate surface area is 168 Å². The Morgan fingerprint density at radius 3 is 2.67 bits per heavy atom. The van der Waals surface area contributed by atoms with Crippen molar-refractivity contribution in [3.8, 4) is 11.8 Å². The molecule has 0 radical (unpaired) electrons. The lowest BCUT2D eigenvalue weighted by Crippen LogP contribution is -2.24. The summed E-state index contributed by atoms with van der Waals surface area (Å²) in [6.07, 6.45) is 2.18. The molecule has 2 aromatic rings. The van der Waals surface area contributed by atoms with Crippen LogP contribution in [-0.2, 0) is 6.42 Å². The molecule has 5 heteroatoms. The zero-order valence-electron chi connectivity index (χ0n) is 16.2. The van der Waals surface area contributed by atoms with E-state index in [9.17, 15) is 0 Å². The molecule has 144 valence electrons. The average molecular weight is 384 g/mol. The topological polar surface area (TPSA) is 48.3 Å². The minimum absolute atomic E-state index is 0.589. The van der Waals surface area contributed by atoms with Gasteiger partial charge in [-0.2, -0.15) is 5.26 Å². The van der Waals surface area contributed by atoms with Gasteiger partial charge in [0.1, 0.15) is 5.75 Å². The van der Waals surface area contributed by atoms with E-state index in [0.29, 0.717) is 5.92 Å². The predicted molar refractivity (Wildman–Crippen MR) is 114 cm³/mol. The Kier molecular flexibility index (Phi) is 9.20. The van der Waals surface area contributed by atoms with Crippen molar-refractivity contribution in [2.75, 3.05) is 40.3 Å². The Bertz CT molecular complexity index is 727. The summed E-state index contributed by atoms with van der Waals surface area (Å²) in [5.41, 5.74) is 1.98. The fraction of sp³-hybridized carbons (Fsp3) is 0.409. The molecule has 0 amide bonds. The highest BCUT2D eigenvalue weighted by Gasteiger charge is 2.22. The lowest BCUT2D eigenvalue weighted by atomic mass is 10.1. The maximum atomic E-state index is 8.97. The van der Waals surface area contributed by atoms with Crippen molar-refractivity contribution in [3.05, 3.63) is 59.7 Å². The van der Waals surface area contributed by atoms with Gasteiger partial charge in [-0.05, 0) is 75.4 Å². The highest BCUT2D eigenvalue weighted by atomic mass is 32.1. The molecule has 1 aliphatic rings. The molecule has 2 aromatic carbocycles. The molecule has 1 heterocycles. The third-order valence-corrected chi connectivity index (χ3v) is 4.76. The molecule has 0 bridgehead atoms. The number of hydrogen-bond acceptors (Lipinski definition) is 5. The first kappa shape index (κ1) is 21.3. The maximum Gasteiger partial charge on any atom is 0.119 e. The van der Waals surface area contributed by atoms with Gasteiger partial charge >= 0.3 is 0 Å². The van der Waals surface area contributed by atoms with Crippen molar-refractivity contribution >= 4 is 12.6 Å². The Morgan fingerprint density at radius 2 is 1.96 bits per heavy atom. The largest absolute Gasteiger partial charge is 0.493 e. The number of rotatable bonds is 6. The minimum atomic E-state index is 0.589. The number of ether oxygens (including phenoxy) is 1.